The van der Waals surface area contributed by atoms with Gasteiger partial charge in [-0.05, 0) is 30.7 Å². The summed E-state index contributed by atoms with van der Waals surface area (Å²) < 4.78 is 0. The number of likely N-dealkylation sites (tertiary alicyclic amines) is 1. The molecule has 108 valence electrons. The number of hydrogen-bond donors (Lipinski definition) is 0. The first-order chi connectivity index (χ1) is 9.65. The number of thiophene rings is 1. The van der Waals surface area contributed by atoms with Crippen LogP contribution in [0.1, 0.15) is 30.6 Å². The van der Waals surface area contributed by atoms with Gasteiger partial charge < -0.3 is 9.80 Å². The minimum atomic E-state index is -0.112. The second kappa shape index (κ2) is 5.56. The van der Waals surface area contributed by atoms with Gasteiger partial charge in [-0.2, -0.15) is 0 Å². The number of hydrogen-bond acceptors (Lipinski definition) is 3. The molecule has 1 atom stereocenters. The van der Waals surface area contributed by atoms with Gasteiger partial charge in [0.2, 0.25) is 11.8 Å². The van der Waals surface area contributed by atoms with Crippen LogP contribution in [-0.2, 0) is 16.1 Å². The van der Waals surface area contributed by atoms with Gasteiger partial charge in [0.05, 0.1) is 6.54 Å². The zero-order valence-corrected chi connectivity index (χ0v) is 12.6. The quantitative estimate of drug-likeness (QED) is 0.853. The third-order valence-electron chi connectivity index (χ3n) is 4.19. The fourth-order valence-electron chi connectivity index (χ4n) is 2.73. The molecule has 1 unspecified atom stereocenters. The highest BCUT2D eigenvalue weighted by Crippen LogP contribution is 2.32. The number of carbonyl (C=O) groups excluding carboxylic acids is 2. The molecule has 1 saturated heterocycles. The first-order valence-corrected chi connectivity index (χ1v) is 8.10. The molecule has 1 aromatic rings. The van der Waals surface area contributed by atoms with Crippen molar-refractivity contribution in [3.8, 4) is 0 Å². The molecule has 2 fully saturated rings. The first-order valence-electron chi connectivity index (χ1n) is 7.22. The largest absolute Gasteiger partial charge is 0.346 e. The van der Waals surface area contributed by atoms with E-state index in [-0.39, 0.29) is 17.7 Å². The van der Waals surface area contributed by atoms with Crippen molar-refractivity contribution in [2.45, 2.75) is 38.3 Å². The number of carbonyl (C=O) groups is 2. The van der Waals surface area contributed by atoms with Crippen molar-refractivity contribution >= 4 is 23.2 Å². The van der Waals surface area contributed by atoms with E-state index in [9.17, 15) is 9.59 Å². The van der Waals surface area contributed by atoms with Gasteiger partial charge in [-0.3, -0.25) is 9.59 Å². The van der Waals surface area contributed by atoms with Gasteiger partial charge in [0.15, 0.2) is 0 Å². The fraction of sp³-hybridized carbons (Fsp3) is 0.600. The summed E-state index contributed by atoms with van der Waals surface area (Å²) in [7, 11) is 1.81. The first kappa shape index (κ1) is 13.6. The maximum atomic E-state index is 12.7. The summed E-state index contributed by atoms with van der Waals surface area (Å²) in [4.78, 5) is 29.5. The van der Waals surface area contributed by atoms with Crippen molar-refractivity contribution in [1.29, 1.82) is 0 Å². The van der Waals surface area contributed by atoms with Crippen LogP contribution in [0.15, 0.2) is 17.5 Å². The van der Waals surface area contributed by atoms with Gasteiger partial charge in [-0.1, -0.05) is 6.07 Å². The Bertz CT molecular complexity index is 496. The lowest BCUT2D eigenvalue weighted by Crippen LogP contribution is -2.44. The molecule has 0 radical (unpaired) electrons. The van der Waals surface area contributed by atoms with Crippen LogP contribution < -0.4 is 0 Å². The van der Waals surface area contributed by atoms with E-state index in [2.05, 4.69) is 6.07 Å². The Kier molecular flexibility index (Phi) is 3.78. The van der Waals surface area contributed by atoms with Crippen molar-refractivity contribution in [1.82, 2.24) is 9.80 Å². The Hall–Kier alpha value is -1.36. The molecule has 20 heavy (non-hydrogen) atoms. The average Bonchev–Trinajstić information content (AvgIpc) is 3.15. The summed E-state index contributed by atoms with van der Waals surface area (Å²) in [6.45, 7) is 1.41. The molecule has 0 bridgehead atoms. The van der Waals surface area contributed by atoms with Gasteiger partial charge in [0.25, 0.3) is 0 Å². The minimum absolute atomic E-state index is 0.0986. The van der Waals surface area contributed by atoms with Crippen molar-refractivity contribution in [2.24, 2.45) is 5.92 Å². The minimum Gasteiger partial charge on any atom is -0.346 e. The second-order valence-electron chi connectivity index (χ2n) is 5.78. The molecule has 1 aliphatic heterocycles. The molecule has 2 heterocycles. The van der Waals surface area contributed by atoms with Gasteiger partial charge in [0, 0.05) is 36.9 Å². The average molecular weight is 292 g/mol. The Morgan fingerprint density at radius 3 is 2.85 bits per heavy atom. The SMILES string of the molecule is CN1CCC(C(=O)N(Cc2cccs2)C2CC2)CC1=O. The van der Waals surface area contributed by atoms with Gasteiger partial charge in [-0.15, -0.1) is 11.3 Å². The summed E-state index contributed by atoms with van der Waals surface area (Å²) >= 11 is 1.69. The number of nitrogens with zero attached hydrogens (tertiary/aromatic N) is 2. The van der Waals surface area contributed by atoms with Crippen molar-refractivity contribution in [3.05, 3.63) is 22.4 Å². The Labute approximate surface area is 123 Å². The highest BCUT2D eigenvalue weighted by Gasteiger charge is 2.38. The van der Waals surface area contributed by atoms with Crippen LogP contribution in [0, 0.1) is 5.92 Å². The van der Waals surface area contributed by atoms with Crippen LogP contribution in [0.3, 0.4) is 0 Å². The van der Waals surface area contributed by atoms with Crippen LogP contribution in [0.4, 0.5) is 0 Å². The molecule has 0 spiro atoms. The molecule has 5 heteroatoms. The Morgan fingerprint density at radius 1 is 1.45 bits per heavy atom. The van der Waals surface area contributed by atoms with E-state index in [1.165, 1.54) is 4.88 Å². The second-order valence-corrected chi connectivity index (χ2v) is 6.81. The molecule has 3 rings (SSSR count). The van der Waals surface area contributed by atoms with E-state index in [0.717, 1.165) is 19.3 Å². The molecule has 1 saturated carbocycles. The molecule has 1 aromatic heterocycles. The van der Waals surface area contributed by atoms with Crippen LogP contribution in [0.2, 0.25) is 0 Å². The maximum Gasteiger partial charge on any atom is 0.226 e. The molecular weight excluding hydrogens is 272 g/mol. The van der Waals surface area contributed by atoms with Crippen molar-refractivity contribution in [3.63, 3.8) is 0 Å². The predicted octanol–water partition coefficient (Wildman–Crippen LogP) is 2.11. The van der Waals surface area contributed by atoms with E-state index < -0.39 is 0 Å². The fourth-order valence-corrected chi connectivity index (χ4v) is 3.43. The summed E-state index contributed by atoms with van der Waals surface area (Å²) in [6.07, 6.45) is 3.40. The van der Waals surface area contributed by atoms with Crippen molar-refractivity contribution in [2.75, 3.05) is 13.6 Å². The van der Waals surface area contributed by atoms with Gasteiger partial charge >= 0.3 is 0 Å². The zero-order chi connectivity index (χ0) is 14.1. The predicted molar refractivity (Wildman–Crippen MR) is 78.3 cm³/mol. The van der Waals surface area contributed by atoms with Crippen LogP contribution in [0.5, 0.6) is 0 Å². The van der Waals surface area contributed by atoms with E-state index in [1.807, 2.05) is 23.4 Å². The van der Waals surface area contributed by atoms with E-state index in [0.29, 0.717) is 25.6 Å². The van der Waals surface area contributed by atoms with E-state index >= 15 is 0 Å². The van der Waals surface area contributed by atoms with E-state index in [1.54, 1.807) is 16.2 Å². The third-order valence-corrected chi connectivity index (χ3v) is 5.05. The Morgan fingerprint density at radius 2 is 2.25 bits per heavy atom. The standard InChI is InChI=1S/C15H20N2O2S/c1-16-7-6-11(9-14(16)18)15(19)17(12-4-5-12)10-13-3-2-8-20-13/h2-3,8,11-12H,4-7,9-10H2,1H3. The summed E-state index contributed by atoms with van der Waals surface area (Å²) in [6, 6.07) is 4.50. The highest BCUT2D eigenvalue weighted by atomic mass is 32.1. The molecular formula is C15H20N2O2S. The monoisotopic (exact) mass is 292 g/mol. The van der Waals surface area contributed by atoms with E-state index in [4.69, 9.17) is 0 Å². The number of amides is 2. The van der Waals surface area contributed by atoms with Crippen LogP contribution >= 0.6 is 11.3 Å². The maximum absolute atomic E-state index is 12.7. The lowest BCUT2D eigenvalue weighted by Gasteiger charge is -2.32. The molecule has 2 aliphatic rings. The lowest BCUT2D eigenvalue weighted by molar-refractivity contribution is -0.145. The number of rotatable bonds is 4. The summed E-state index contributed by atoms with van der Waals surface area (Å²) in [5.41, 5.74) is 0. The normalized spacial score (nSPS) is 22.9. The molecule has 1 aliphatic carbocycles. The van der Waals surface area contributed by atoms with Gasteiger partial charge in [-0.25, -0.2) is 0 Å². The molecule has 2 amide bonds. The van der Waals surface area contributed by atoms with Gasteiger partial charge in [0.1, 0.15) is 0 Å². The highest BCUT2D eigenvalue weighted by molar-refractivity contribution is 7.09. The van der Waals surface area contributed by atoms with Crippen LogP contribution in [0.25, 0.3) is 0 Å². The zero-order valence-electron chi connectivity index (χ0n) is 11.7. The van der Waals surface area contributed by atoms with Crippen LogP contribution in [-0.4, -0.2) is 41.2 Å². The third kappa shape index (κ3) is 2.87. The lowest BCUT2D eigenvalue weighted by atomic mass is 9.95. The topological polar surface area (TPSA) is 40.6 Å². The van der Waals surface area contributed by atoms with Crippen molar-refractivity contribution < 1.29 is 9.59 Å². The smallest absolute Gasteiger partial charge is 0.226 e. The Balaban J connectivity index is 1.68. The summed E-state index contributed by atoms with van der Waals surface area (Å²) in [5, 5.41) is 2.05. The molecule has 0 N–H and O–H groups in total. The molecule has 0 aromatic carbocycles. The number of piperidine rings is 1. The molecule has 4 nitrogen and oxygen atoms in total. The summed E-state index contributed by atoms with van der Waals surface area (Å²) in [5.74, 6) is 0.170.